The van der Waals surface area contributed by atoms with Crippen LogP contribution in [0.25, 0.3) is 6.08 Å². The molecule has 0 aliphatic heterocycles. The highest BCUT2D eigenvalue weighted by molar-refractivity contribution is 5.61. The Morgan fingerprint density at radius 3 is 1.92 bits per heavy atom. The highest BCUT2D eigenvalue weighted by Crippen LogP contribution is 2.32. The molecule has 0 saturated carbocycles. The molecule has 2 aromatic rings. The Morgan fingerprint density at radius 2 is 1.33 bits per heavy atom. The molecular formula is C20H24O4. The predicted molar refractivity (Wildman–Crippen MR) is 96.5 cm³/mol. The molecule has 1 atom stereocenters. The minimum Gasteiger partial charge on any atom is -0.497 e. The molecule has 0 saturated heterocycles. The smallest absolute Gasteiger partial charge is 0.126 e. The van der Waals surface area contributed by atoms with E-state index in [4.69, 9.17) is 18.9 Å². The molecule has 2 aromatic carbocycles. The van der Waals surface area contributed by atoms with E-state index in [1.165, 1.54) is 0 Å². The average molecular weight is 328 g/mol. The van der Waals surface area contributed by atoms with Crippen LogP contribution in [-0.4, -0.2) is 28.4 Å². The quantitative estimate of drug-likeness (QED) is 0.748. The first-order chi connectivity index (χ1) is 11.6. The van der Waals surface area contributed by atoms with Gasteiger partial charge in [-0.25, -0.2) is 0 Å². The third-order valence-corrected chi connectivity index (χ3v) is 3.93. The van der Waals surface area contributed by atoms with Crippen LogP contribution in [0.1, 0.15) is 24.0 Å². The Morgan fingerprint density at radius 1 is 0.750 bits per heavy atom. The molecule has 0 fully saturated rings. The van der Waals surface area contributed by atoms with Gasteiger partial charge in [0.05, 0.1) is 28.4 Å². The summed E-state index contributed by atoms with van der Waals surface area (Å²) in [6.45, 7) is 2.11. The Bertz CT molecular complexity index is 707. The molecule has 4 nitrogen and oxygen atoms in total. The van der Waals surface area contributed by atoms with Gasteiger partial charge in [-0.2, -0.15) is 0 Å². The van der Waals surface area contributed by atoms with E-state index in [0.717, 1.165) is 34.1 Å². The normalized spacial score (nSPS) is 12.0. The molecule has 24 heavy (non-hydrogen) atoms. The number of methoxy groups -OCH3 is 4. The maximum absolute atomic E-state index is 5.47. The Kier molecular flexibility index (Phi) is 6.13. The van der Waals surface area contributed by atoms with Crippen molar-refractivity contribution < 1.29 is 18.9 Å². The van der Waals surface area contributed by atoms with Crippen LogP contribution >= 0.6 is 0 Å². The van der Waals surface area contributed by atoms with E-state index in [1.807, 2.05) is 42.5 Å². The molecule has 0 amide bonds. The second kappa shape index (κ2) is 8.29. The lowest BCUT2D eigenvalue weighted by molar-refractivity contribution is 0.398. The van der Waals surface area contributed by atoms with Crippen LogP contribution in [-0.2, 0) is 0 Å². The fraction of sp³-hybridized carbons (Fsp3) is 0.300. The molecule has 0 aliphatic rings. The number of hydrogen-bond donors (Lipinski definition) is 0. The van der Waals surface area contributed by atoms with E-state index < -0.39 is 0 Å². The molecular weight excluding hydrogens is 304 g/mol. The van der Waals surface area contributed by atoms with E-state index >= 15 is 0 Å². The fourth-order valence-corrected chi connectivity index (χ4v) is 2.52. The number of rotatable bonds is 7. The Labute approximate surface area is 143 Å². The van der Waals surface area contributed by atoms with Gasteiger partial charge < -0.3 is 18.9 Å². The van der Waals surface area contributed by atoms with Crippen LogP contribution in [0.5, 0.6) is 23.0 Å². The first-order valence-electron chi connectivity index (χ1n) is 7.75. The summed E-state index contributed by atoms with van der Waals surface area (Å²) in [5.41, 5.74) is 2.03. The lowest BCUT2D eigenvalue weighted by atomic mass is 9.98. The maximum Gasteiger partial charge on any atom is 0.126 e. The van der Waals surface area contributed by atoms with Gasteiger partial charge in [0, 0.05) is 17.0 Å². The van der Waals surface area contributed by atoms with Crippen molar-refractivity contribution in [3.63, 3.8) is 0 Å². The zero-order valence-corrected chi connectivity index (χ0v) is 14.8. The summed E-state index contributed by atoms with van der Waals surface area (Å²) < 4.78 is 21.5. The molecule has 4 heteroatoms. The zero-order valence-electron chi connectivity index (χ0n) is 14.8. The van der Waals surface area contributed by atoms with E-state index in [1.54, 1.807) is 28.4 Å². The lowest BCUT2D eigenvalue weighted by Gasteiger charge is -2.14. The van der Waals surface area contributed by atoms with Crippen LogP contribution in [0, 0.1) is 0 Å². The topological polar surface area (TPSA) is 36.9 Å². The molecule has 2 rings (SSSR count). The minimum atomic E-state index is 0.144. The van der Waals surface area contributed by atoms with Gasteiger partial charge in [-0.05, 0) is 36.4 Å². The van der Waals surface area contributed by atoms with Crippen LogP contribution in [0.3, 0.4) is 0 Å². The summed E-state index contributed by atoms with van der Waals surface area (Å²) in [5.74, 6) is 3.39. The molecule has 0 heterocycles. The van der Waals surface area contributed by atoms with Gasteiger partial charge in [0.1, 0.15) is 23.0 Å². The first-order valence-corrected chi connectivity index (χ1v) is 7.75. The summed E-state index contributed by atoms with van der Waals surface area (Å²) in [7, 11) is 6.65. The number of allylic oxidation sites excluding steroid dienone is 1. The van der Waals surface area contributed by atoms with Crippen molar-refractivity contribution in [2.75, 3.05) is 28.4 Å². The summed E-state index contributed by atoms with van der Waals surface area (Å²) in [4.78, 5) is 0. The zero-order chi connectivity index (χ0) is 17.5. The monoisotopic (exact) mass is 328 g/mol. The van der Waals surface area contributed by atoms with Crippen LogP contribution < -0.4 is 18.9 Å². The van der Waals surface area contributed by atoms with Crippen molar-refractivity contribution in [3.05, 3.63) is 53.6 Å². The molecule has 0 aliphatic carbocycles. The van der Waals surface area contributed by atoms with Gasteiger partial charge in [-0.1, -0.05) is 19.1 Å². The second-order valence-corrected chi connectivity index (χ2v) is 5.36. The summed E-state index contributed by atoms with van der Waals surface area (Å²) >= 11 is 0. The van der Waals surface area contributed by atoms with Crippen molar-refractivity contribution in [3.8, 4) is 23.0 Å². The van der Waals surface area contributed by atoms with Crippen LogP contribution in [0.2, 0.25) is 0 Å². The number of hydrogen-bond acceptors (Lipinski definition) is 4. The SMILES string of the molecule is COc1ccc(OC)c(/C=C/C(C)c2cc(OC)ccc2OC)c1. The maximum atomic E-state index is 5.47. The minimum absolute atomic E-state index is 0.144. The fourth-order valence-electron chi connectivity index (χ4n) is 2.52. The molecule has 0 radical (unpaired) electrons. The second-order valence-electron chi connectivity index (χ2n) is 5.36. The van der Waals surface area contributed by atoms with E-state index in [2.05, 4.69) is 13.0 Å². The van der Waals surface area contributed by atoms with Crippen molar-refractivity contribution >= 4 is 6.08 Å². The predicted octanol–water partition coefficient (Wildman–Crippen LogP) is 4.54. The van der Waals surface area contributed by atoms with Crippen molar-refractivity contribution in [1.29, 1.82) is 0 Å². The Hall–Kier alpha value is -2.62. The third-order valence-electron chi connectivity index (χ3n) is 3.93. The van der Waals surface area contributed by atoms with Crippen molar-refractivity contribution in [2.45, 2.75) is 12.8 Å². The van der Waals surface area contributed by atoms with Gasteiger partial charge in [-0.3, -0.25) is 0 Å². The molecule has 0 aromatic heterocycles. The summed E-state index contributed by atoms with van der Waals surface area (Å²) in [5, 5.41) is 0. The van der Waals surface area contributed by atoms with E-state index in [9.17, 15) is 0 Å². The average Bonchev–Trinajstić information content (AvgIpc) is 2.65. The van der Waals surface area contributed by atoms with Crippen molar-refractivity contribution in [1.82, 2.24) is 0 Å². The molecule has 128 valence electrons. The molecule has 0 bridgehead atoms. The summed E-state index contributed by atoms with van der Waals surface area (Å²) in [6.07, 6.45) is 4.14. The van der Waals surface area contributed by atoms with Gasteiger partial charge in [0.25, 0.3) is 0 Å². The van der Waals surface area contributed by atoms with Gasteiger partial charge in [-0.15, -0.1) is 0 Å². The van der Waals surface area contributed by atoms with Gasteiger partial charge >= 0.3 is 0 Å². The third kappa shape index (κ3) is 4.02. The highest BCUT2D eigenvalue weighted by Gasteiger charge is 2.11. The van der Waals surface area contributed by atoms with Gasteiger partial charge in [0.15, 0.2) is 0 Å². The first kappa shape index (κ1) is 17.7. The Balaban J connectivity index is 2.32. The number of benzene rings is 2. The van der Waals surface area contributed by atoms with E-state index in [0.29, 0.717) is 0 Å². The van der Waals surface area contributed by atoms with Crippen LogP contribution in [0.4, 0.5) is 0 Å². The standard InChI is InChI=1S/C20H24O4/c1-14(18-13-17(22-3)9-11-20(18)24-5)6-7-15-12-16(21-2)8-10-19(15)23-4/h6-14H,1-5H3/b7-6+. The molecule has 1 unspecified atom stereocenters. The van der Waals surface area contributed by atoms with Gasteiger partial charge in [0.2, 0.25) is 0 Å². The van der Waals surface area contributed by atoms with Crippen LogP contribution in [0.15, 0.2) is 42.5 Å². The molecule has 0 spiro atoms. The lowest BCUT2D eigenvalue weighted by Crippen LogP contribution is -1.97. The molecule has 0 N–H and O–H groups in total. The largest absolute Gasteiger partial charge is 0.497 e. The van der Waals surface area contributed by atoms with Crippen molar-refractivity contribution in [2.24, 2.45) is 0 Å². The number of ether oxygens (including phenoxy) is 4. The summed E-state index contributed by atoms with van der Waals surface area (Å²) in [6, 6.07) is 11.5. The van der Waals surface area contributed by atoms with E-state index in [-0.39, 0.29) is 5.92 Å². The highest BCUT2D eigenvalue weighted by atomic mass is 16.5.